The fourth-order valence-corrected chi connectivity index (χ4v) is 5.18. The van der Waals surface area contributed by atoms with Crippen molar-refractivity contribution in [3.8, 4) is 0 Å². The second kappa shape index (κ2) is 14.0. The highest BCUT2D eigenvalue weighted by molar-refractivity contribution is 5.77. The third-order valence-corrected chi connectivity index (χ3v) is 7.75. The maximum Gasteiger partial charge on any atom is 0.408 e. The molecule has 2 heterocycles. The minimum absolute atomic E-state index is 0.208. The van der Waals surface area contributed by atoms with Crippen LogP contribution in [-0.4, -0.2) is 32.1 Å². The van der Waals surface area contributed by atoms with Gasteiger partial charge in [0.2, 0.25) is 0 Å². The Bertz CT molecular complexity index is 1790. The molecule has 2 atom stereocenters. The Kier molecular flexibility index (Phi) is 9.24. The first-order valence-electron chi connectivity index (χ1n) is 15.3. The number of carbonyl (C=O) groups excluding carboxylic acids is 2. The van der Waals surface area contributed by atoms with Crippen molar-refractivity contribution in [1.29, 1.82) is 0 Å². The topological polar surface area (TPSA) is 134 Å². The van der Waals surface area contributed by atoms with Crippen molar-refractivity contribution in [3.05, 3.63) is 131 Å². The molecular formula is C36H36N6O4. The van der Waals surface area contributed by atoms with Crippen molar-refractivity contribution < 1.29 is 19.1 Å². The zero-order chi connectivity index (χ0) is 31.9. The van der Waals surface area contributed by atoms with E-state index in [4.69, 9.17) is 9.47 Å². The predicted octanol–water partition coefficient (Wildman–Crippen LogP) is 7.20. The number of aromatic nitrogens is 4. The number of hydrogen-bond donors (Lipinski definition) is 4. The number of fused-ring (bicyclic) bond motifs is 2. The van der Waals surface area contributed by atoms with Gasteiger partial charge in [0.05, 0.1) is 34.2 Å². The Hall–Kier alpha value is -5.64. The number of ether oxygens (including phenoxy) is 2. The van der Waals surface area contributed by atoms with Crippen molar-refractivity contribution in [2.24, 2.45) is 0 Å². The zero-order valence-electron chi connectivity index (χ0n) is 25.7. The molecule has 234 valence electrons. The zero-order valence-corrected chi connectivity index (χ0v) is 25.7. The molecule has 2 aromatic heterocycles. The van der Waals surface area contributed by atoms with E-state index in [9.17, 15) is 9.59 Å². The molecule has 10 nitrogen and oxygen atoms in total. The second-order valence-electron chi connectivity index (χ2n) is 11.3. The molecule has 0 unspecified atom stereocenters. The highest BCUT2D eigenvalue weighted by Crippen LogP contribution is 2.21. The molecule has 0 bridgehead atoms. The Morgan fingerprint density at radius 3 is 1.43 bits per heavy atom. The summed E-state index contributed by atoms with van der Waals surface area (Å²) >= 11 is 0. The number of hydrogen-bond acceptors (Lipinski definition) is 6. The van der Waals surface area contributed by atoms with Crippen molar-refractivity contribution in [2.45, 2.75) is 52.0 Å². The van der Waals surface area contributed by atoms with E-state index in [1.54, 1.807) is 0 Å². The van der Waals surface area contributed by atoms with Gasteiger partial charge in [-0.05, 0) is 73.2 Å². The van der Waals surface area contributed by atoms with E-state index in [-0.39, 0.29) is 25.3 Å². The van der Waals surface area contributed by atoms with E-state index >= 15 is 0 Å². The second-order valence-corrected chi connectivity index (χ2v) is 11.3. The number of imidazole rings is 2. The normalized spacial score (nSPS) is 12.5. The van der Waals surface area contributed by atoms with Gasteiger partial charge in [-0.15, -0.1) is 0 Å². The van der Waals surface area contributed by atoms with E-state index in [1.165, 1.54) is 11.1 Å². The largest absolute Gasteiger partial charge is 0.445 e. The van der Waals surface area contributed by atoms with Crippen LogP contribution in [0.1, 0.15) is 59.8 Å². The molecule has 10 heteroatoms. The van der Waals surface area contributed by atoms with Crippen LogP contribution in [-0.2, 0) is 35.5 Å². The molecule has 0 fully saturated rings. The summed E-state index contributed by atoms with van der Waals surface area (Å²) in [7, 11) is 0. The maximum absolute atomic E-state index is 12.3. The molecule has 0 radical (unpaired) electrons. The molecule has 0 saturated heterocycles. The summed E-state index contributed by atoms with van der Waals surface area (Å²) in [5.74, 6) is 1.33. The van der Waals surface area contributed by atoms with Crippen LogP contribution in [0.2, 0.25) is 0 Å². The third kappa shape index (κ3) is 7.71. The van der Waals surface area contributed by atoms with Crippen LogP contribution in [0.4, 0.5) is 9.59 Å². The summed E-state index contributed by atoms with van der Waals surface area (Å²) in [6, 6.07) is 30.8. The molecule has 0 aliphatic heterocycles. The average molecular weight is 617 g/mol. The van der Waals surface area contributed by atoms with Crippen molar-refractivity contribution >= 4 is 34.3 Å². The summed E-state index contributed by atoms with van der Waals surface area (Å²) in [5, 5.41) is 5.69. The molecule has 6 rings (SSSR count). The Morgan fingerprint density at radius 1 is 0.609 bits per heavy atom. The predicted molar refractivity (Wildman–Crippen MR) is 176 cm³/mol. The summed E-state index contributed by atoms with van der Waals surface area (Å²) in [6.07, 6.45) is 0.681. The molecule has 0 aliphatic rings. The highest BCUT2D eigenvalue weighted by atomic mass is 16.6. The number of aromatic amines is 2. The number of carbonyl (C=O) groups is 2. The van der Waals surface area contributed by atoms with E-state index in [1.807, 2.05) is 86.6 Å². The van der Waals surface area contributed by atoms with Crippen LogP contribution in [0.5, 0.6) is 0 Å². The molecule has 4 N–H and O–H groups in total. The minimum atomic E-state index is -0.495. The monoisotopic (exact) mass is 616 g/mol. The maximum atomic E-state index is 12.3. The average Bonchev–Trinajstić information content (AvgIpc) is 3.71. The summed E-state index contributed by atoms with van der Waals surface area (Å²) in [6.45, 7) is 4.15. The smallest absolute Gasteiger partial charge is 0.408 e. The molecule has 4 aromatic carbocycles. The molecule has 0 saturated carbocycles. The Morgan fingerprint density at radius 2 is 1.02 bits per heavy atom. The van der Waals surface area contributed by atoms with Gasteiger partial charge in [0.1, 0.15) is 24.9 Å². The van der Waals surface area contributed by atoms with Crippen molar-refractivity contribution in [1.82, 2.24) is 30.6 Å². The quantitative estimate of drug-likeness (QED) is 0.122. The molecular weight excluding hydrogens is 580 g/mol. The summed E-state index contributed by atoms with van der Waals surface area (Å²) in [4.78, 5) is 40.7. The van der Waals surface area contributed by atoms with Crippen LogP contribution < -0.4 is 10.6 Å². The lowest BCUT2D eigenvalue weighted by molar-refractivity contribution is 0.135. The third-order valence-electron chi connectivity index (χ3n) is 7.75. The van der Waals surface area contributed by atoms with Crippen LogP contribution in [0.15, 0.2) is 97.1 Å². The van der Waals surface area contributed by atoms with Crippen molar-refractivity contribution in [3.63, 3.8) is 0 Å². The van der Waals surface area contributed by atoms with E-state index in [0.717, 1.165) is 46.0 Å². The minimum Gasteiger partial charge on any atom is -0.445 e. The van der Waals surface area contributed by atoms with E-state index in [0.29, 0.717) is 11.6 Å². The van der Waals surface area contributed by atoms with Gasteiger partial charge in [-0.3, -0.25) is 0 Å². The lowest BCUT2D eigenvalue weighted by atomic mass is 10.0. The lowest BCUT2D eigenvalue weighted by Crippen LogP contribution is -2.27. The van der Waals surface area contributed by atoms with Crippen LogP contribution in [0, 0.1) is 0 Å². The number of aryl methyl sites for hydroxylation is 2. The van der Waals surface area contributed by atoms with Crippen molar-refractivity contribution in [2.75, 3.05) is 0 Å². The SMILES string of the molecule is C[C@@H](NC(=O)OCc1ccccc1)c1nc2ccc(CCc3ccc4nc([C@@H](C)NC(=O)OCc5ccccc5)[nH]c4c3)cc2[nH]1. The first-order valence-corrected chi connectivity index (χ1v) is 15.3. The first-order chi connectivity index (χ1) is 22.4. The Labute approximate surface area is 266 Å². The van der Waals surface area contributed by atoms with Crippen LogP contribution in [0.25, 0.3) is 22.1 Å². The van der Waals surface area contributed by atoms with Crippen LogP contribution >= 0.6 is 0 Å². The van der Waals surface area contributed by atoms with Gasteiger partial charge in [0.25, 0.3) is 0 Å². The van der Waals surface area contributed by atoms with Gasteiger partial charge >= 0.3 is 12.2 Å². The standard InChI is InChI=1S/C36H36N6O4/c1-23(37-35(43)45-21-27-9-5-3-6-10-27)33-39-29-17-15-25(19-31(29)41-33)13-14-26-16-18-30-32(20-26)42-34(40-30)24(2)38-36(44)46-22-28-11-7-4-8-12-28/h3-12,15-20,23-24H,13-14,21-22H2,1-2H3,(H,37,43)(H,38,44)(H,39,41)(H,40,42)/t23-,24-/m1/s1. The summed E-state index contributed by atoms with van der Waals surface area (Å²) in [5.41, 5.74) is 7.69. The van der Waals surface area contributed by atoms with Gasteiger partial charge in [0, 0.05) is 0 Å². The number of benzene rings is 4. The molecule has 2 amide bonds. The van der Waals surface area contributed by atoms with Gasteiger partial charge in [-0.25, -0.2) is 19.6 Å². The molecule has 46 heavy (non-hydrogen) atoms. The van der Waals surface area contributed by atoms with Gasteiger partial charge in [0.15, 0.2) is 0 Å². The number of H-pyrrole nitrogens is 2. The van der Waals surface area contributed by atoms with E-state index < -0.39 is 12.2 Å². The number of alkyl carbamates (subject to hydrolysis) is 2. The number of rotatable bonds is 11. The molecule has 6 aromatic rings. The van der Waals surface area contributed by atoms with Gasteiger partial charge < -0.3 is 30.1 Å². The van der Waals surface area contributed by atoms with Gasteiger partial charge in [-0.1, -0.05) is 72.8 Å². The lowest BCUT2D eigenvalue weighted by Gasteiger charge is -2.11. The molecule has 0 spiro atoms. The van der Waals surface area contributed by atoms with Crippen LogP contribution in [0.3, 0.4) is 0 Å². The Balaban J connectivity index is 1.02. The number of nitrogens with zero attached hydrogens (tertiary/aromatic N) is 2. The van der Waals surface area contributed by atoms with Gasteiger partial charge in [-0.2, -0.15) is 0 Å². The van der Waals surface area contributed by atoms with E-state index in [2.05, 4.69) is 54.8 Å². The number of amides is 2. The first kappa shape index (κ1) is 30.4. The fourth-order valence-electron chi connectivity index (χ4n) is 5.18. The highest BCUT2D eigenvalue weighted by Gasteiger charge is 2.16. The number of nitrogens with one attached hydrogen (secondary N) is 4. The summed E-state index contributed by atoms with van der Waals surface area (Å²) < 4.78 is 10.7. The fraction of sp³-hybridized carbons (Fsp3) is 0.222. The molecule has 0 aliphatic carbocycles.